The average molecular weight is 368 g/mol. The molecule has 2 aromatic rings. The average Bonchev–Trinajstić information content (AvgIpc) is 2.68. The van der Waals surface area contributed by atoms with Crippen LogP contribution in [0.1, 0.15) is 17.3 Å². The summed E-state index contributed by atoms with van der Waals surface area (Å²) in [7, 11) is 0. The van der Waals surface area contributed by atoms with Gasteiger partial charge in [0.2, 0.25) is 11.8 Å². The minimum atomic E-state index is -0.493. The first-order valence-corrected chi connectivity index (χ1v) is 8.93. The molecule has 2 amide bonds. The predicted molar refractivity (Wildman–Crippen MR) is 105 cm³/mol. The molecule has 0 spiro atoms. The molecular weight excluding hydrogens is 344 g/mol. The molecule has 27 heavy (non-hydrogen) atoms. The predicted octanol–water partition coefficient (Wildman–Crippen LogP) is 1.64. The SMILES string of the molecule is CC(C(=O)Nc1ccc(C(N)=O)cc1)N1CCN(c2ccc(O)cc2)CC1. The van der Waals surface area contributed by atoms with Gasteiger partial charge in [0.05, 0.1) is 6.04 Å². The minimum Gasteiger partial charge on any atom is -0.508 e. The third-order valence-electron chi connectivity index (χ3n) is 4.89. The van der Waals surface area contributed by atoms with Gasteiger partial charge in [-0.3, -0.25) is 14.5 Å². The van der Waals surface area contributed by atoms with Crippen LogP contribution >= 0.6 is 0 Å². The van der Waals surface area contributed by atoms with E-state index in [1.54, 1.807) is 36.4 Å². The van der Waals surface area contributed by atoms with E-state index in [1.165, 1.54) is 0 Å². The monoisotopic (exact) mass is 368 g/mol. The van der Waals surface area contributed by atoms with Crippen LogP contribution in [0.15, 0.2) is 48.5 Å². The largest absolute Gasteiger partial charge is 0.508 e. The fourth-order valence-electron chi connectivity index (χ4n) is 3.16. The molecule has 1 aliphatic heterocycles. The summed E-state index contributed by atoms with van der Waals surface area (Å²) in [5.41, 5.74) is 7.34. The number of phenolic OH excluding ortho intramolecular Hbond substituents is 1. The number of primary amides is 1. The summed E-state index contributed by atoms with van der Waals surface area (Å²) < 4.78 is 0. The van der Waals surface area contributed by atoms with E-state index >= 15 is 0 Å². The lowest BCUT2D eigenvalue weighted by atomic mass is 10.1. The van der Waals surface area contributed by atoms with E-state index in [0.29, 0.717) is 11.3 Å². The number of nitrogens with zero attached hydrogens (tertiary/aromatic N) is 2. The Bertz CT molecular complexity index is 797. The van der Waals surface area contributed by atoms with E-state index in [4.69, 9.17) is 5.73 Å². The Morgan fingerprint density at radius 3 is 2.15 bits per heavy atom. The highest BCUT2D eigenvalue weighted by Crippen LogP contribution is 2.20. The number of rotatable bonds is 5. The van der Waals surface area contributed by atoms with Gasteiger partial charge in [-0.15, -0.1) is 0 Å². The normalized spacial score (nSPS) is 16.0. The summed E-state index contributed by atoms with van der Waals surface area (Å²) in [5.74, 6) is -0.320. The first-order valence-electron chi connectivity index (χ1n) is 8.93. The lowest BCUT2D eigenvalue weighted by Gasteiger charge is -2.38. The van der Waals surface area contributed by atoms with Crippen LogP contribution in [0.3, 0.4) is 0 Å². The summed E-state index contributed by atoms with van der Waals surface area (Å²) in [4.78, 5) is 28.0. The number of benzene rings is 2. The number of carbonyl (C=O) groups is 2. The zero-order valence-corrected chi connectivity index (χ0v) is 15.3. The molecule has 7 heteroatoms. The molecule has 0 radical (unpaired) electrons. The molecule has 142 valence electrons. The van der Waals surface area contributed by atoms with Gasteiger partial charge < -0.3 is 21.1 Å². The molecule has 2 aromatic carbocycles. The Kier molecular flexibility index (Phi) is 5.61. The highest BCUT2D eigenvalue weighted by atomic mass is 16.3. The smallest absolute Gasteiger partial charge is 0.248 e. The molecule has 4 N–H and O–H groups in total. The number of anilines is 2. The van der Waals surface area contributed by atoms with Crippen molar-refractivity contribution in [2.24, 2.45) is 5.73 Å². The number of phenols is 1. The van der Waals surface area contributed by atoms with Crippen LogP contribution in [0, 0.1) is 0 Å². The number of piperazine rings is 1. The molecule has 0 aromatic heterocycles. The van der Waals surface area contributed by atoms with Gasteiger partial charge in [-0.25, -0.2) is 0 Å². The van der Waals surface area contributed by atoms with Gasteiger partial charge in [0.1, 0.15) is 5.75 Å². The van der Waals surface area contributed by atoms with Crippen molar-refractivity contribution in [3.63, 3.8) is 0 Å². The van der Waals surface area contributed by atoms with Crippen LogP contribution in [0.25, 0.3) is 0 Å². The number of aromatic hydroxyl groups is 1. The van der Waals surface area contributed by atoms with Crippen LogP contribution in [0.5, 0.6) is 5.75 Å². The molecule has 1 heterocycles. The van der Waals surface area contributed by atoms with Gasteiger partial charge in [-0.1, -0.05) is 0 Å². The molecule has 0 aliphatic carbocycles. The van der Waals surface area contributed by atoms with Gasteiger partial charge in [-0.05, 0) is 55.5 Å². The van der Waals surface area contributed by atoms with Crippen molar-refractivity contribution in [2.75, 3.05) is 36.4 Å². The molecule has 0 saturated carbocycles. The van der Waals surface area contributed by atoms with E-state index in [-0.39, 0.29) is 17.7 Å². The number of amides is 2. The van der Waals surface area contributed by atoms with E-state index < -0.39 is 5.91 Å². The Balaban J connectivity index is 1.53. The molecule has 1 aliphatic rings. The fourth-order valence-corrected chi connectivity index (χ4v) is 3.16. The Morgan fingerprint density at radius 1 is 1.00 bits per heavy atom. The number of nitrogens with one attached hydrogen (secondary N) is 1. The van der Waals surface area contributed by atoms with Gasteiger partial charge in [0.25, 0.3) is 0 Å². The minimum absolute atomic E-state index is 0.0834. The van der Waals surface area contributed by atoms with Crippen LogP contribution in [-0.4, -0.2) is 54.0 Å². The topological polar surface area (TPSA) is 98.9 Å². The summed E-state index contributed by atoms with van der Waals surface area (Å²) in [5, 5.41) is 12.3. The summed E-state index contributed by atoms with van der Waals surface area (Å²) in [6.07, 6.45) is 0. The maximum absolute atomic E-state index is 12.5. The molecule has 1 fully saturated rings. The zero-order valence-electron chi connectivity index (χ0n) is 15.3. The highest BCUT2D eigenvalue weighted by Gasteiger charge is 2.25. The summed E-state index contributed by atoms with van der Waals surface area (Å²) >= 11 is 0. The Labute approximate surface area is 158 Å². The second kappa shape index (κ2) is 8.09. The van der Waals surface area contributed by atoms with Crippen molar-refractivity contribution in [1.29, 1.82) is 0 Å². The second-order valence-electron chi connectivity index (χ2n) is 6.65. The lowest BCUT2D eigenvalue weighted by molar-refractivity contribution is -0.120. The van der Waals surface area contributed by atoms with Gasteiger partial charge in [0, 0.05) is 43.1 Å². The van der Waals surface area contributed by atoms with Gasteiger partial charge in [0.15, 0.2) is 0 Å². The molecule has 7 nitrogen and oxygen atoms in total. The van der Waals surface area contributed by atoms with Crippen LogP contribution < -0.4 is 16.0 Å². The van der Waals surface area contributed by atoms with Crippen LogP contribution in [-0.2, 0) is 4.79 Å². The van der Waals surface area contributed by atoms with E-state index in [0.717, 1.165) is 31.9 Å². The molecule has 0 bridgehead atoms. The highest BCUT2D eigenvalue weighted by molar-refractivity contribution is 5.96. The third-order valence-corrected chi connectivity index (χ3v) is 4.89. The summed E-state index contributed by atoms with van der Waals surface area (Å²) in [6, 6.07) is 13.4. The van der Waals surface area contributed by atoms with Crippen molar-refractivity contribution in [2.45, 2.75) is 13.0 Å². The first-order chi connectivity index (χ1) is 12.9. The zero-order chi connectivity index (χ0) is 19.4. The molecule has 1 saturated heterocycles. The van der Waals surface area contributed by atoms with E-state index in [2.05, 4.69) is 15.1 Å². The van der Waals surface area contributed by atoms with Crippen LogP contribution in [0.2, 0.25) is 0 Å². The summed E-state index contributed by atoms with van der Waals surface area (Å²) in [6.45, 7) is 5.07. The molecule has 1 atom stereocenters. The van der Waals surface area contributed by atoms with E-state index in [9.17, 15) is 14.7 Å². The van der Waals surface area contributed by atoms with Crippen molar-refractivity contribution in [1.82, 2.24) is 4.90 Å². The fraction of sp³-hybridized carbons (Fsp3) is 0.300. The Morgan fingerprint density at radius 2 is 1.59 bits per heavy atom. The van der Waals surface area contributed by atoms with Gasteiger partial charge >= 0.3 is 0 Å². The van der Waals surface area contributed by atoms with E-state index in [1.807, 2.05) is 19.1 Å². The molecule has 3 rings (SSSR count). The third kappa shape index (κ3) is 4.57. The second-order valence-corrected chi connectivity index (χ2v) is 6.65. The van der Waals surface area contributed by atoms with Gasteiger partial charge in [-0.2, -0.15) is 0 Å². The standard InChI is InChI=1S/C20H24N4O3/c1-14(20(27)22-16-4-2-15(3-5-16)19(21)26)23-10-12-24(13-11-23)17-6-8-18(25)9-7-17/h2-9,14,25H,10-13H2,1H3,(H2,21,26)(H,22,27). The van der Waals surface area contributed by atoms with Crippen LogP contribution in [0.4, 0.5) is 11.4 Å². The molecule has 1 unspecified atom stereocenters. The number of hydrogen-bond donors (Lipinski definition) is 3. The maximum atomic E-state index is 12.5. The van der Waals surface area contributed by atoms with Crippen molar-refractivity contribution in [3.8, 4) is 5.75 Å². The maximum Gasteiger partial charge on any atom is 0.248 e. The Hall–Kier alpha value is -3.06. The lowest BCUT2D eigenvalue weighted by Crippen LogP contribution is -2.52. The van der Waals surface area contributed by atoms with Crippen molar-refractivity contribution in [3.05, 3.63) is 54.1 Å². The quantitative estimate of drug-likeness (QED) is 0.745. The molecular formula is C20H24N4O3. The van der Waals surface area contributed by atoms with Crippen molar-refractivity contribution >= 4 is 23.2 Å². The number of carbonyl (C=O) groups excluding carboxylic acids is 2. The van der Waals surface area contributed by atoms with Crippen molar-refractivity contribution < 1.29 is 14.7 Å². The first kappa shape index (κ1) is 18.7. The number of nitrogens with two attached hydrogens (primary N) is 1. The number of hydrogen-bond acceptors (Lipinski definition) is 5.